The van der Waals surface area contributed by atoms with E-state index in [0.717, 1.165) is 62.1 Å². The van der Waals surface area contributed by atoms with Crippen molar-refractivity contribution in [2.45, 2.75) is 49.5 Å². The van der Waals surface area contributed by atoms with Gasteiger partial charge in [-0.1, -0.05) is 12.1 Å². The van der Waals surface area contributed by atoms with Crippen molar-refractivity contribution in [3.63, 3.8) is 0 Å². The van der Waals surface area contributed by atoms with E-state index in [1.54, 1.807) is 12.1 Å². The van der Waals surface area contributed by atoms with Gasteiger partial charge in [-0.3, -0.25) is 9.69 Å². The van der Waals surface area contributed by atoms with Crippen LogP contribution in [0.3, 0.4) is 0 Å². The van der Waals surface area contributed by atoms with Gasteiger partial charge in [-0.15, -0.1) is 0 Å². The van der Waals surface area contributed by atoms with E-state index in [4.69, 9.17) is 4.98 Å². The molecule has 7 heteroatoms. The lowest BCUT2D eigenvalue weighted by Crippen LogP contribution is -2.45. The monoisotopic (exact) mass is 387 g/mol. The molecule has 6 nitrogen and oxygen atoms in total. The molecule has 1 spiro atoms. The van der Waals surface area contributed by atoms with Crippen molar-refractivity contribution in [3.8, 4) is 0 Å². The predicted octanol–water partition coefficient (Wildman–Crippen LogP) is 1.96. The lowest BCUT2D eigenvalue weighted by atomic mass is 9.77. The largest absolute Gasteiger partial charge is 0.311 e. The maximum absolute atomic E-state index is 12.3. The van der Waals surface area contributed by atoms with E-state index in [9.17, 15) is 13.2 Å². The number of fused-ring (bicyclic) bond motifs is 2. The molecule has 0 amide bonds. The van der Waals surface area contributed by atoms with E-state index in [1.807, 2.05) is 19.1 Å². The molecule has 0 bridgehead atoms. The third-order valence-electron chi connectivity index (χ3n) is 5.90. The van der Waals surface area contributed by atoms with Crippen LogP contribution < -0.4 is 5.56 Å². The summed E-state index contributed by atoms with van der Waals surface area (Å²) >= 11 is 0. The molecule has 1 aliphatic heterocycles. The van der Waals surface area contributed by atoms with Gasteiger partial charge in [-0.25, -0.2) is 13.4 Å². The summed E-state index contributed by atoms with van der Waals surface area (Å²) in [4.78, 5) is 22.6. The Morgan fingerprint density at radius 2 is 1.96 bits per heavy atom. The highest BCUT2D eigenvalue weighted by Crippen LogP contribution is 2.43. The average Bonchev–Trinajstić information content (AvgIpc) is 2.93. The molecule has 1 atom stereocenters. The molecule has 4 rings (SSSR count). The van der Waals surface area contributed by atoms with Crippen molar-refractivity contribution in [2.75, 3.05) is 19.3 Å². The number of hydrogen-bond acceptors (Lipinski definition) is 5. The molecule has 1 aromatic carbocycles. The number of benzene rings is 1. The zero-order valence-corrected chi connectivity index (χ0v) is 16.6. The molecule has 0 radical (unpaired) electrons. The minimum absolute atomic E-state index is 0.0165. The van der Waals surface area contributed by atoms with Crippen LogP contribution in [0.4, 0.5) is 0 Å². The summed E-state index contributed by atoms with van der Waals surface area (Å²) in [6.07, 6.45) is 5.15. The van der Waals surface area contributed by atoms with Crippen molar-refractivity contribution >= 4 is 9.84 Å². The maximum atomic E-state index is 12.3. The second-order valence-electron chi connectivity index (χ2n) is 7.99. The van der Waals surface area contributed by atoms with Crippen LogP contribution in [0.1, 0.15) is 41.9 Å². The topological polar surface area (TPSA) is 83.1 Å². The number of hydrogen-bond donors (Lipinski definition) is 1. The second kappa shape index (κ2) is 6.56. The fourth-order valence-corrected chi connectivity index (χ4v) is 5.25. The molecule has 27 heavy (non-hydrogen) atoms. The number of rotatable bonds is 3. The Kier molecular flexibility index (Phi) is 4.47. The van der Waals surface area contributed by atoms with E-state index in [1.165, 1.54) is 6.26 Å². The first-order valence-electron chi connectivity index (χ1n) is 9.38. The summed E-state index contributed by atoms with van der Waals surface area (Å²) in [7, 11) is -3.17. The van der Waals surface area contributed by atoms with Gasteiger partial charge in [-0.05, 0) is 56.8 Å². The van der Waals surface area contributed by atoms with Gasteiger partial charge in [0.2, 0.25) is 0 Å². The minimum atomic E-state index is -3.17. The van der Waals surface area contributed by atoms with Gasteiger partial charge >= 0.3 is 0 Å². The zero-order valence-electron chi connectivity index (χ0n) is 15.8. The highest BCUT2D eigenvalue weighted by atomic mass is 32.2. The quantitative estimate of drug-likeness (QED) is 0.870. The van der Waals surface area contributed by atoms with Crippen LogP contribution in [0.25, 0.3) is 0 Å². The van der Waals surface area contributed by atoms with Gasteiger partial charge in [0.15, 0.2) is 9.84 Å². The number of piperidine rings is 1. The Hall–Kier alpha value is -1.99. The molecule has 144 valence electrons. The van der Waals surface area contributed by atoms with Crippen LogP contribution in [0.15, 0.2) is 34.0 Å². The van der Waals surface area contributed by atoms with Crippen LogP contribution >= 0.6 is 0 Å². The average molecular weight is 388 g/mol. The molecular weight excluding hydrogens is 362 g/mol. The highest BCUT2D eigenvalue weighted by molar-refractivity contribution is 7.90. The third-order valence-corrected chi connectivity index (χ3v) is 7.03. The first-order chi connectivity index (χ1) is 12.8. The Bertz CT molecular complexity index is 1030. The summed E-state index contributed by atoms with van der Waals surface area (Å²) in [5, 5.41) is 0. The number of H-pyrrole nitrogens is 1. The van der Waals surface area contributed by atoms with Crippen LogP contribution in [0.5, 0.6) is 0 Å². The Labute approximate surface area is 159 Å². The van der Waals surface area contributed by atoms with Gasteiger partial charge in [0.1, 0.15) is 5.82 Å². The Balaban J connectivity index is 1.56. The van der Waals surface area contributed by atoms with Crippen molar-refractivity contribution in [2.24, 2.45) is 0 Å². The van der Waals surface area contributed by atoms with E-state index in [-0.39, 0.29) is 11.0 Å². The van der Waals surface area contributed by atoms with Gasteiger partial charge in [-0.2, -0.15) is 0 Å². The molecule has 2 heterocycles. The van der Waals surface area contributed by atoms with Crippen molar-refractivity contribution < 1.29 is 8.42 Å². The van der Waals surface area contributed by atoms with Crippen LogP contribution in [-0.2, 0) is 28.2 Å². The number of nitrogens with zero attached hydrogens (tertiary/aromatic N) is 2. The number of likely N-dealkylation sites (tertiary alicyclic amines) is 1. The van der Waals surface area contributed by atoms with E-state index in [2.05, 4.69) is 9.88 Å². The summed E-state index contributed by atoms with van der Waals surface area (Å²) in [6.45, 7) is 4.53. The Morgan fingerprint density at radius 3 is 2.67 bits per heavy atom. The molecule has 2 aliphatic rings. The summed E-state index contributed by atoms with van der Waals surface area (Å²) in [5.74, 6) is 0.688. The fraction of sp³-hybridized carbons (Fsp3) is 0.500. The molecule has 2 aromatic rings. The molecule has 0 saturated carbocycles. The number of aryl methyl sites for hydroxylation is 1. The van der Waals surface area contributed by atoms with Crippen LogP contribution in [0, 0.1) is 6.92 Å². The molecule has 1 unspecified atom stereocenters. The van der Waals surface area contributed by atoms with E-state index in [0.29, 0.717) is 10.7 Å². The van der Waals surface area contributed by atoms with E-state index < -0.39 is 9.84 Å². The van der Waals surface area contributed by atoms with Crippen LogP contribution in [0.2, 0.25) is 0 Å². The third kappa shape index (κ3) is 3.46. The minimum Gasteiger partial charge on any atom is -0.311 e. The smallest absolute Gasteiger partial charge is 0.254 e. The molecule has 1 aromatic heterocycles. The van der Waals surface area contributed by atoms with Crippen molar-refractivity contribution in [1.29, 1.82) is 0 Å². The first-order valence-corrected chi connectivity index (χ1v) is 11.3. The lowest BCUT2D eigenvalue weighted by molar-refractivity contribution is 0.136. The summed E-state index contributed by atoms with van der Waals surface area (Å²) < 4.78 is 23.3. The first kappa shape index (κ1) is 18.4. The maximum Gasteiger partial charge on any atom is 0.254 e. The lowest BCUT2D eigenvalue weighted by Gasteiger charge is -2.40. The van der Waals surface area contributed by atoms with Gasteiger partial charge in [0, 0.05) is 30.3 Å². The Morgan fingerprint density at radius 1 is 1.22 bits per heavy atom. The fourth-order valence-electron chi connectivity index (χ4n) is 4.62. The van der Waals surface area contributed by atoms with Gasteiger partial charge < -0.3 is 4.98 Å². The molecule has 1 saturated heterocycles. The SMILES string of the molecule is Cc1nc2c(c(=O)[nH]1)CCC21CCCN(Cc2ccc(S(C)(=O)=O)cc2)C1. The standard InChI is InChI=1S/C20H25N3O3S/c1-14-21-18-17(19(24)22-14)8-10-20(18)9-3-11-23(13-20)12-15-4-6-16(7-5-15)27(2,25)26/h4-7H,3,8-13H2,1-2H3,(H,21,22,24). The van der Waals surface area contributed by atoms with Crippen molar-refractivity contribution in [1.82, 2.24) is 14.9 Å². The predicted molar refractivity (Wildman–Crippen MR) is 104 cm³/mol. The normalized spacial score (nSPS) is 22.9. The number of sulfone groups is 1. The molecule has 1 N–H and O–H groups in total. The molecule has 1 aliphatic carbocycles. The molecular formula is C20H25N3O3S. The van der Waals surface area contributed by atoms with E-state index >= 15 is 0 Å². The van der Waals surface area contributed by atoms with Crippen molar-refractivity contribution in [3.05, 3.63) is 57.3 Å². The van der Waals surface area contributed by atoms with Gasteiger partial charge in [0.05, 0.1) is 10.6 Å². The number of nitrogens with one attached hydrogen (secondary N) is 1. The molecule has 1 fully saturated rings. The second-order valence-corrected chi connectivity index (χ2v) is 10.0. The summed E-state index contributed by atoms with van der Waals surface area (Å²) in [5.41, 5.74) is 2.95. The highest BCUT2D eigenvalue weighted by Gasteiger charge is 2.44. The summed E-state index contributed by atoms with van der Waals surface area (Å²) in [6, 6.07) is 7.15. The van der Waals surface area contributed by atoms with Crippen LogP contribution in [-0.4, -0.2) is 42.6 Å². The number of aromatic amines is 1. The van der Waals surface area contributed by atoms with Gasteiger partial charge in [0.25, 0.3) is 5.56 Å². The zero-order chi connectivity index (χ0) is 19.2. The number of aromatic nitrogens is 2.